The predicted molar refractivity (Wildman–Crippen MR) is 121 cm³/mol. The van der Waals surface area contributed by atoms with Crippen molar-refractivity contribution in [1.82, 2.24) is 15.0 Å². The summed E-state index contributed by atoms with van der Waals surface area (Å²) in [5.41, 5.74) is 1.84. The maximum absolute atomic E-state index is 12.1. The van der Waals surface area contributed by atoms with Gasteiger partial charge in [-0.3, -0.25) is 10.1 Å². The van der Waals surface area contributed by atoms with Gasteiger partial charge in [0.15, 0.2) is 5.13 Å². The molecule has 2 aromatic heterocycles. The summed E-state index contributed by atoms with van der Waals surface area (Å²) >= 11 is 1.46. The van der Waals surface area contributed by atoms with Gasteiger partial charge in [-0.1, -0.05) is 17.4 Å². The number of aromatic nitrogens is 3. The van der Waals surface area contributed by atoms with Gasteiger partial charge in [0.2, 0.25) is 11.6 Å². The third-order valence-corrected chi connectivity index (χ3v) is 8.13. The van der Waals surface area contributed by atoms with Crippen LogP contribution in [0.15, 0.2) is 24.5 Å². The Kier molecular flexibility index (Phi) is 4.18. The van der Waals surface area contributed by atoms with E-state index in [1.807, 2.05) is 19.1 Å². The fourth-order valence-electron chi connectivity index (χ4n) is 6.44. The Hall–Kier alpha value is -2.81. The standard InChI is InChI=1S/C22H24N6O2S/c1-12-2-3-16-17(4-12)31-21(25-16)26-19-18(28(29)30)20(24-11-23-19)27-22-8-13-5-14(9-22)7-15(6-13)10-22/h2-4,11,13-15H,5-10H2,1H3,(H2,23,24,25,26,27). The molecular formula is C22H24N6O2S. The Morgan fingerprint density at radius 2 is 1.77 bits per heavy atom. The lowest BCUT2D eigenvalue weighted by molar-refractivity contribution is -0.383. The molecule has 0 atom stereocenters. The predicted octanol–water partition coefficient (Wildman–Crippen LogP) is 5.43. The van der Waals surface area contributed by atoms with E-state index in [0.717, 1.165) is 52.8 Å². The minimum atomic E-state index is -0.386. The summed E-state index contributed by atoms with van der Waals surface area (Å²) < 4.78 is 1.03. The number of nitrogens with one attached hydrogen (secondary N) is 2. The van der Waals surface area contributed by atoms with Gasteiger partial charge in [-0.05, 0) is 80.9 Å². The van der Waals surface area contributed by atoms with Crippen molar-refractivity contribution in [3.8, 4) is 0 Å². The summed E-state index contributed by atoms with van der Waals surface area (Å²) in [6.45, 7) is 2.03. The van der Waals surface area contributed by atoms with Gasteiger partial charge in [-0.25, -0.2) is 15.0 Å². The highest BCUT2D eigenvalue weighted by molar-refractivity contribution is 7.22. The minimum absolute atomic E-state index is 0.0709. The third kappa shape index (κ3) is 3.31. The van der Waals surface area contributed by atoms with E-state index in [9.17, 15) is 10.1 Å². The molecule has 4 aliphatic rings. The van der Waals surface area contributed by atoms with Crippen molar-refractivity contribution in [3.63, 3.8) is 0 Å². The molecule has 0 amide bonds. The molecule has 9 heteroatoms. The van der Waals surface area contributed by atoms with Crippen LogP contribution in [0.5, 0.6) is 0 Å². The Morgan fingerprint density at radius 3 is 2.45 bits per heavy atom. The molecule has 7 rings (SSSR count). The van der Waals surface area contributed by atoms with E-state index in [1.54, 1.807) is 0 Å². The summed E-state index contributed by atoms with van der Waals surface area (Å²) in [6.07, 6.45) is 8.60. The first-order valence-corrected chi connectivity index (χ1v) is 11.7. The number of nitrogens with zero attached hydrogens (tertiary/aromatic N) is 4. The molecule has 1 aromatic carbocycles. The average molecular weight is 437 g/mol. The first-order chi connectivity index (χ1) is 15.0. The van der Waals surface area contributed by atoms with Crippen molar-refractivity contribution in [2.75, 3.05) is 10.6 Å². The van der Waals surface area contributed by atoms with Crippen molar-refractivity contribution in [3.05, 3.63) is 40.2 Å². The van der Waals surface area contributed by atoms with E-state index in [1.165, 1.54) is 36.9 Å². The highest BCUT2D eigenvalue weighted by Crippen LogP contribution is 2.57. The average Bonchev–Trinajstić information content (AvgIpc) is 3.07. The molecule has 0 spiro atoms. The quantitative estimate of drug-likeness (QED) is 0.406. The van der Waals surface area contributed by atoms with Crippen molar-refractivity contribution in [2.24, 2.45) is 17.8 Å². The molecule has 2 N–H and O–H groups in total. The molecule has 2 heterocycles. The topological polar surface area (TPSA) is 106 Å². The van der Waals surface area contributed by atoms with Crippen LogP contribution in [0.4, 0.5) is 22.5 Å². The Morgan fingerprint density at radius 1 is 1.10 bits per heavy atom. The molecule has 0 aliphatic heterocycles. The van der Waals surface area contributed by atoms with Crippen molar-refractivity contribution >= 4 is 44.0 Å². The normalized spacial score (nSPS) is 28.7. The number of rotatable bonds is 5. The number of fused-ring (bicyclic) bond motifs is 1. The van der Waals surface area contributed by atoms with E-state index >= 15 is 0 Å². The van der Waals surface area contributed by atoms with Crippen LogP contribution in [0.25, 0.3) is 10.2 Å². The van der Waals surface area contributed by atoms with E-state index in [2.05, 4.69) is 31.7 Å². The van der Waals surface area contributed by atoms with Gasteiger partial charge in [0, 0.05) is 5.54 Å². The van der Waals surface area contributed by atoms with E-state index in [-0.39, 0.29) is 22.0 Å². The maximum atomic E-state index is 12.1. The summed E-state index contributed by atoms with van der Waals surface area (Å²) in [5, 5.41) is 19.3. The Balaban J connectivity index is 1.33. The molecule has 4 saturated carbocycles. The van der Waals surface area contributed by atoms with Crippen LogP contribution in [0.1, 0.15) is 44.1 Å². The van der Waals surface area contributed by atoms with E-state index in [4.69, 9.17) is 0 Å². The number of hydrogen-bond acceptors (Lipinski definition) is 8. The molecule has 0 unspecified atom stereocenters. The van der Waals surface area contributed by atoms with Gasteiger partial charge in [0.25, 0.3) is 0 Å². The molecule has 4 aliphatic carbocycles. The molecule has 4 bridgehead atoms. The third-order valence-electron chi connectivity index (χ3n) is 7.20. The first-order valence-electron chi connectivity index (χ1n) is 10.9. The second-order valence-electron chi connectivity index (χ2n) is 9.61. The van der Waals surface area contributed by atoms with Gasteiger partial charge in [0.1, 0.15) is 6.33 Å². The van der Waals surface area contributed by atoms with Crippen LogP contribution in [0.2, 0.25) is 0 Å². The Bertz CT molecular complexity index is 1160. The molecule has 0 radical (unpaired) electrons. The smallest absolute Gasteiger partial charge is 0.353 e. The number of hydrogen-bond donors (Lipinski definition) is 2. The zero-order valence-corrected chi connectivity index (χ0v) is 18.1. The second-order valence-corrected chi connectivity index (χ2v) is 10.6. The fourth-order valence-corrected chi connectivity index (χ4v) is 7.40. The van der Waals surface area contributed by atoms with Gasteiger partial charge in [-0.15, -0.1) is 0 Å². The minimum Gasteiger partial charge on any atom is -0.359 e. The summed E-state index contributed by atoms with van der Waals surface area (Å²) in [6, 6.07) is 6.03. The van der Waals surface area contributed by atoms with Crippen LogP contribution in [0.3, 0.4) is 0 Å². The molecule has 3 aromatic rings. The van der Waals surface area contributed by atoms with Crippen molar-refractivity contribution in [1.29, 1.82) is 0 Å². The SMILES string of the molecule is Cc1ccc2nc(Nc3ncnc(NC45CC6CC(CC(C6)C4)C5)c3[N+](=O)[O-])sc2c1. The maximum Gasteiger partial charge on any atom is 0.353 e. The van der Waals surface area contributed by atoms with Gasteiger partial charge in [0.05, 0.1) is 15.1 Å². The molecular weight excluding hydrogens is 412 g/mol. The van der Waals surface area contributed by atoms with Crippen LogP contribution in [-0.2, 0) is 0 Å². The largest absolute Gasteiger partial charge is 0.359 e. The van der Waals surface area contributed by atoms with Crippen molar-refractivity contribution in [2.45, 2.75) is 51.0 Å². The van der Waals surface area contributed by atoms with Crippen molar-refractivity contribution < 1.29 is 4.92 Å². The van der Waals surface area contributed by atoms with Crippen LogP contribution in [0, 0.1) is 34.8 Å². The van der Waals surface area contributed by atoms with E-state index in [0.29, 0.717) is 10.9 Å². The molecule has 160 valence electrons. The van der Waals surface area contributed by atoms with Crippen LogP contribution < -0.4 is 10.6 Å². The molecule has 4 fully saturated rings. The monoisotopic (exact) mass is 436 g/mol. The number of benzene rings is 1. The zero-order chi connectivity index (χ0) is 21.2. The lowest BCUT2D eigenvalue weighted by Gasteiger charge is -2.57. The van der Waals surface area contributed by atoms with E-state index < -0.39 is 0 Å². The van der Waals surface area contributed by atoms with Gasteiger partial charge in [-0.2, -0.15) is 0 Å². The lowest BCUT2D eigenvalue weighted by atomic mass is 9.53. The van der Waals surface area contributed by atoms with Gasteiger partial charge >= 0.3 is 5.69 Å². The lowest BCUT2D eigenvalue weighted by Crippen LogP contribution is -2.55. The fraction of sp³-hybridized carbons (Fsp3) is 0.500. The highest BCUT2D eigenvalue weighted by Gasteiger charge is 2.51. The summed E-state index contributed by atoms with van der Waals surface area (Å²) in [4.78, 5) is 24.8. The summed E-state index contributed by atoms with van der Waals surface area (Å²) in [7, 11) is 0. The number of nitro groups is 1. The molecule has 0 saturated heterocycles. The molecule has 31 heavy (non-hydrogen) atoms. The second kappa shape index (κ2) is 6.85. The van der Waals surface area contributed by atoms with Crippen LogP contribution >= 0.6 is 11.3 Å². The number of aryl methyl sites for hydroxylation is 1. The van der Waals surface area contributed by atoms with Crippen LogP contribution in [-0.4, -0.2) is 25.4 Å². The molecule has 8 nitrogen and oxygen atoms in total. The zero-order valence-electron chi connectivity index (χ0n) is 17.3. The summed E-state index contributed by atoms with van der Waals surface area (Å²) in [5.74, 6) is 2.72. The number of anilines is 3. The first kappa shape index (κ1) is 18.9. The Labute approximate surface area is 183 Å². The highest BCUT2D eigenvalue weighted by atomic mass is 32.1. The number of thiazole rings is 1. The van der Waals surface area contributed by atoms with Gasteiger partial charge < -0.3 is 10.6 Å².